The summed E-state index contributed by atoms with van der Waals surface area (Å²) in [4.78, 5) is 2.28. The number of halogens is 1. The SMILES string of the molecule is O=S(=O)(c1ccccc1)N1C[C@H]2c3ccccc3CCN2[C@H]1c1cn(S(=O)(=O)c2ccccc2)nc1-c1ccc(F)cc1. The van der Waals surface area contributed by atoms with Crippen LogP contribution in [0.4, 0.5) is 4.39 Å². The lowest BCUT2D eigenvalue weighted by Crippen LogP contribution is -2.37. The maximum atomic E-state index is 14.3. The maximum absolute atomic E-state index is 14.3. The van der Waals surface area contributed by atoms with Crippen LogP contribution in [0.2, 0.25) is 0 Å². The molecule has 0 bridgehead atoms. The van der Waals surface area contributed by atoms with Gasteiger partial charge in [0.1, 0.15) is 12.0 Å². The number of rotatable bonds is 6. The Morgan fingerprint density at radius 3 is 1.98 bits per heavy atom. The van der Waals surface area contributed by atoms with Gasteiger partial charge in [-0.3, -0.25) is 4.90 Å². The zero-order valence-corrected chi connectivity index (χ0v) is 24.5. The van der Waals surface area contributed by atoms with Crippen LogP contribution in [0.5, 0.6) is 0 Å². The summed E-state index contributed by atoms with van der Waals surface area (Å²) in [6.07, 6.45) is 1.23. The Bertz CT molecular complexity index is 2020. The van der Waals surface area contributed by atoms with Crippen molar-refractivity contribution in [3.63, 3.8) is 0 Å². The molecule has 0 N–H and O–H groups in total. The summed E-state index contributed by atoms with van der Waals surface area (Å²) < 4.78 is 72.4. The number of sulfonamides is 1. The molecule has 218 valence electrons. The molecule has 1 saturated heterocycles. The molecule has 0 amide bonds. The monoisotopic (exact) mass is 614 g/mol. The first-order valence-corrected chi connectivity index (χ1v) is 16.7. The van der Waals surface area contributed by atoms with Crippen LogP contribution in [-0.2, 0) is 26.5 Å². The second kappa shape index (κ2) is 10.5. The highest BCUT2D eigenvalue weighted by atomic mass is 32.2. The van der Waals surface area contributed by atoms with Crippen molar-refractivity contribution >= 4 is 20.0 Å². The highest BCUT2D eigenvalue weighted by Crippen LogP contribution is 2.48. The lowest BCUT2D eigenvalue weighted by atomic mass is 9.93. The lowest BCUT2D eigenvalue weighted by Gasteiger charge is -2.35. The predicted octanol–water partition coefficient (Wildman–Crippen LogP) is 5.23. The minimum absolute atomic E-state index is 0.0414. The largest absolute Gasteiger partial charge is 0.282 e. The average molecular weight is 615 g/mol. The Hall–Kier alpha value is -4.16. The van der Waals surface area contributed by atoms with Crippen molar-refractivity contribution in [3.05, 3.63) is 138 Å². The van der Waals surface area contributed by atoms with Crippen LogP contribution in [0, 0.1) is 5.82 Å². The standard InChI is InChI=1S/C32H27FN4O4S2/c33-25-17-15-24(16-18-25)31-29(21-37(34-31)43(40,41)27-12-5-2-6-13-27)32-35-20-19-23-9-7-8-14-28(23)30(35)22-36(32)42(38,39)26-10-3-1-4-11-26/h1-18,21,30,32H,19-20,22H2/t30-,32+/m0/s1. The molecule has 0 spiro atoms. The van der Waals surface area contributed by atoms with E-state index in [2.05, 4.69) is 16.1 Å². The van der Waals surface area contributed by atoms with Gasteiger partial charge in [-0.05, 0) is 66.1 Å². The molecule has 8 nitrogen and oxygen atoms in total. The summed E-state index contributed by atoms with van der Waals surface area (Å²) in [5.74, 6) is -0.455. The number of fused-ring (bicyclic) bond motifs is 3. The van der Waals surface area contributed by atoms with Gasteiger partial charge in [-0.25, -0.2) is 12.8 Å². The first-order chi connectivity index (χ1) is 20.7. The normalized spacial score (nSPS) is 19.2. The number of benzene rings is 4. The van der Waals surface area contributed by atoms with Crippen molar-refractivity contribution in [1.29, 1.82) is 0 Å². The van der Waals surface area contributed by atoms with Crippen LogP contribution in [0.1, 0.15) is 28.9 Å². The van der Waals surface area contributed by atoms with E-state index in [1.807, 2.05) is 18.2 Å². The Morgan fingerprint density at radius 1 is 0.698 bits per heavy atom. The summed E-state index contributed by atoms with van der Waals surface area (Å²) in [6, 6.07) is 29.5. The van der Waals surface area contributed by atoms with Gasteiger partial charge in [-0.2, -0.15) is 21.9 Å². The summed E-state index contributed by atoms with van der Waals surface area (Å²) in [6.45, 7) is 0.713. The molecular formula is C32H27FN4O4S2. The fourth-order valence-corrected chi connectivity index (χ4v) is 8.87. The Balaban J connectivity index is 1.45. The minimum Gasteiger partial charge on any atom is -0.274 e. The molecule has 43 heavy (non-hydrogen) atoms. The van der Waals surface area contributed by atoms with E-state index in [0.29, 0.717) is 24.1 Å². The summed E-state index contributed by atoms with van der Waals surface area (Å²) in [5.41, 5.74) is 3.32. The summed E-state index contributed by atoms with van der Waals surface area (Å²) >= 11 is 0. The van der Waals surface area contributed by atoms with Crippen LogP contribution in [0.15, 0.2) is 125 Å². The van der Waals surface area contributed by atoms with E-state index >= 15 is 0 Å². The fourth-order valence-electron chi connectivity index (χ4n) is 6.10. The molecule has 0 aliphatic carbocycles. The molecule has 11 heteroatoms. The third kappa shape index (κ3) is 4.69. The third-order valence-corrected chi connectivity index (χ3v) is 11.5. The molecule has 5 aromatic rings. The van der Waals surface area contributed by atoms with Crippen LogP contribution in [-0.4, -0.2) is 48.3 Å². The van der Waals surface area contributed by atoms with Gasteiger partial charge in [-0.15, -0.1) is 0 Å². The molecule has 7 rings (SSSR count). The average Bonchev–Trinajstić information content (AvgIpc) is 3.66. The van der Waals surface area contributed by atoms with Gasteiger partial charge in [0.2, 0.25) is 10.0 Å². The second-order valence-electron chi connectivity index (χ2n) is 10.6. The van der Waals surface area contributed by atoms with Crippen molar-refractivity contribution in [2.75, 3.05) is 13.1 Å². The van der Waals surface area contributed by atoms with E-state index in [0.717, 1.165) is 15.2 Å². The number of nitrogens with zero attached hydrogens (tertiary/aromatic N) is 4. The molecule has 2 aliphatic rings. The third-order valence-electron chi connectivity index (χ3n) is 8.15. The van der Waals surface area contributed by atoms with Gasteiger partial charge in [0, 0.05) is 30.4 Å². The minimum atomic E-state index is -4.12. The topological polar surface area (TPSA) is 92.6 Å². The maximum Gasteiger partial charge on any atom is 0.282 e. The smallest absolute Gasteiger partial charge is 0.274 e. The Morgan fingerprint density at radius 2 is 1.30 bits per heavy atom. The van der Waals surface area contributed by atoms with E-state index in [-0.39, 0.29) is 28.1 Å². The fraction of sp³-hybridized carbons (Fsp3) is 0.156. The first kappa shape index (κ1) is 27.7. The molecule has 3 heterocycles. The highest BCUT2D eigenvalue weighted by molar-refractivity contribution is 7.90. The van der Waals surface area contributed by atoms with Crippen LogP contribution < -0.4 is 0 Å². The molecule has 2 aliphatic heterocycles. The van der Waals surface area contributed by atoms with Crippen molar-refractivity contribution in [2.45, 2.75) is 28.4 Å². The lowest BCUT2D eigenvalue weighted by molar-refractivity contribution is 0.155. The molecule has 0 unspecified atom stereocenters. The molecule has 1 aromatic heterocycles. The molecule has 0 radical (unpaired) electrons. The molecule has 1 fully saturated rings. The van der Waals surface area contributed by atoms with Gasteiger partial charge in [0.25, 0.3) is 10.0 Å². The predicted molar refractivity (Wildman–Crippen MR) is 159 cm³/mol. The molecule has 0 saturated carbocycles. The quantitative estimate of drug-likeness (QED) is 0.260. The number of hydrogen-bond donors (Lipinski definition) is 0. The highest BCUT2D eigenvalue weighted by Gasteiger charge is 2.50. The van der Waals surface area contributed by atoms with Crippen LogP contribution >= 0.6 is 0 Å². The zero-order valence-electron chi connectivity index (χ0n) is 22.9. The number of aromatic nitrogens is 2. The molecule has 4 aromatic carbocycles. The molecular weight excluding hydrogens is 588 g/mol. The number of hydrogen-bond acceptors (Lipinski definition) is 6. The van der Waals surface area contributed by atoms with E-state index in [1.165, 1.54) is 46.9 Å². The van der Waals surface area contributed by atoms with Crippen molar-refractivity contribution < 1.29 is 21.2 Å². The second-order valence-corrected chi connectivity index (χ2v) is 14.3. The van der Waals surface area contributed by atoms with E-state index in [1.54, 1.807) is 48.5 Å². The summed E-state index contributed by atoms with van der Waals surface area (Å²) in [7, 11) is -8.16. The van der Waals surface area contributed by atoms with Crippen molar-refractivity contribution in [3.8, 4) is 11.3 Å². The van der Waals surface area contributed by atoms with Gasteiger partial charge >= 0.3 is 0 Å². The van der Waals surface area contributed by atoms with Gasteiger partial charge in [0.05, 0.1) is 21.5 Å². The van der Waals surface area contributed by atoms with Crippen molar-refractivity contribution in [2.24, 2.45) is 0 Å². The Kier molecular flexibility index (Phi) is 6.77. The van der Waals surface area contributed by atoms with Crippen LogP contribution in [0.25, 0.3) is 11.3 Å². The zero-order chi connectivity index (χ0) is 29.8. The van der Waals surface area contributed by atoms with Gasteiger partial charge in [0.15, 0.2) is 0 Å². The van der Waals surface area contributed by atoms with Crippen molar-refractivity contribution in [1.82, 2.24) is 18.4 Å². The molecule has 2 atom stereocenters. The van der Waals surface area contributed by atoms with E-state index in [4.69, 9.17) is 0 Å². The Labute approximate surface area is 249 Å². The van der Waals surface area contributed by atoms with E-state index in [9.17, 15) is 21.2 Å². The first-order valence-electron chi connectivity index (χ1n) is 13.8. The van der Waals surface area contributed by atoms with E-state index < -0.39 is 32.0 Å². The van der Waals surface area contributed by atoms with Gasteiger partial charge in [-0.1, -0.05) is 60.7 Å². The van der Waals surface area contributed by atoms with Crippen LogP contribution in [0.3, 0.4) is 0 Å². The van der Waals surface area contributed by atoms with Gasteiger partial charge < -0.3 is 0 Å². The summed E-state index contributed by atoms with van der Waals surface area (Å²) in [5, 5.41) is 4.53.